The van der Waals surface area contributed by atoms with Crippen LogP contribution in [0.2, 0.25) is 0 Å². The molecule has 0 heterocycles. The third-order valence-electron chi connectivity index (χ3n) is 3.85. The Hall–Kier alpha value is -1.55. The predicted molar refractivity (Wildman–Crippen MR) is 68.0 cm³/mol. The maximum absolute atomic E-state index is 11.6. The number of rotatable bonds is 1. The molecule has 98 valence electrons. The average molecular weight is 250 g/mol. The third kappa shape index (κ3) is 2.08. The Balaban J connectivity index is 2.63. The number of aliphatic hydroxyl groups is 1. The molecule has 0 amide bonds. The lowest BCUT2D eigenvalue weighted by atomic mass is 9.80. The van der Waals surface area contributed by atoms with Crippen molar-refractivity contribution in [1.82, 2.24) is 0 Å². The first kappa shape index (κ1) is 12.9. The highest BCUT2D eigenvalue weighted by Crippen LogP contribution is 2.36. The van der Waals surface area contributed by atoms with Gasteiger partial charge in [-0.05, 0) is 56.2 Å². The van der Waals surface area contributed by atoms with E-state index in [4.69, 9.17) is 0 Å². The lowest BCUT2D eigenvalue weighted by molar-refractivity contribution is 0.116. The lowest BCUT2D eigenvalue weighted by Crippen LogP contribution is -2.24. The molecule has 2 atom stereocenters. The van der Waals surface area contributed by atoms with Crippen molar-refractivity contribution in [2.75, 3.05) is 0 Å². The van der Waals surface area contributed by atoms with Crippen molar-refractivity contribution in [3.63, 3.8) is 0 Å². The van der Waals surface area contributed by atoms with Crippen LogP contribution in [0, 0.1) is 12.8 Å². The molecule has 0 spiro atoms. The summed E-state index contributed by atoms with van der Waals surface area (Å²) in [4.78, 5) is 11.6. The van der Waals surface area contributed by atoms with Crippen molar-refractivity contribution in [2.24, 2.45) is 5.92 Å². The number of hydrogen-bond acceptors (Lipinski definition) is 4. The van der Waals surface area contributed by atoms with E-state index in [1.807, 2.05) is 0 Å². The summed E-state index contributed by atoms with van der Waals surface area (Å²) in [5.41, 5.74) is 1.72. The Kier molecular flexibility index (Phi) is 3.30. The van der Waals surface area contributed by atoms with Crippen LogP contribution in [-0.4, -0.2) is 21.4 Å². The molecule has 0 saturated carbocycles. The van der Waals surface area contributed by atoms with E-state index >= 15 is 0 Å². The standard InChI is InChI=1S/C14H18O4/c1-7-5-12(16)14(18)13(17)10-4-3-9(8(2)15)6-11(7)10/h5,8-9,15H,3-4,6H2,1-2H3,(H2,16,17,18)/t8?,9-/m0/s1. The summed E-state index contributed by atoms with van der Waals surface area (Å²) in [6.45, 7) is 3.55. The largest absolute Gasteiger partial charge is 0.504 e. The van der Waals surface area contributed by atoms with E-state index < -0.39 is 17.3 Å². The van der Waals surface area contributed by atoms with Gasteiger partial charge in [-0.25, -0.2) is 0 Å². The Bertz CT molecular complexity index is 534. The molecule has 18 heavy (non-hydrogen) atoms. The van der Waals surface area contributed by atoms with E-state index in [-0.39, 0.29) is 11.7 Å². The molecule has 0 bridgehead atoms. The fourth-order valence-electron chi connectivity index (χ4n) is 2.65. The van der Waals surface area contributed by atoms with Crippen LogP contribution >= 0.6 is 0 Å². The molecule has 0 aliphatic heterocycles. The van der Waals surface area contributed by atoms with E-state index in [1.54, 1.807) is 13.8 Å². The molecule has 0 radical (unpaired) electrons. The minimum atomic E-state index is -0.574. The Morgan fingerprint density at radius 1 is 1.28 bits per heavy atom. The zero-order valence-corrected chi connectivity index (χ0v) is 10.6. The molecule has 1 unspecified atom stereocenters. The normalized spacial score (nSPS) is 20.3. The number of aryl methyl sites for hydroxylation is 1. The van der Waals surface area contributed by atoms with Crippen LogP contribution in [0.3, 0.4) is 0 Å². The first-order valence-electron chi connectivity index (χ1n) is 6.17. The summed E-state index contributed by atoms with van der Waals surface area (Å²) < 4.78 is 0. The minimum Gasteiger partial charge on any atom is -0.504 e. The summed E-state index contributed by atoms with van der Waals surface area (Å²) in [6.07, 6.45) is 1.53. The van der Waals surface area contributed by atoms with Gasteiger partial charge in [-0.1, -0.05) is 0 Å². The molecular formula is C14H18O4. The van der Waals surface area contributed by atoms with Crippen molar-refractivity contribution in [2.45, 2.75) is 39.2 Å². The van der Waals surface area contributed by atoms with Crippen LogP contribution < -0.4 is 5.43 Å². The first-order valence-corrected chi connectivity index (χ1v) is 6.17. The summed E-state index contributed by atoms with van der Waals surface area (Å²) in [6, 6.07) is 1.35. The fourth-order valence-corrected chi connectivity index (χ4v) is 2.65. The van der Waals surface area contributed by atoms with Gasteiger partial charge in [-0.15, -0.1) is 0 Å². The molecular weight excluding hydrogens is 232 g/mol. The molecule has 2 rings (SSSR count). The highest BCUT2D eigenvalue weighted by molar-refractivity contribution is 5.50. The van der Waals surface area contributed by atoms with Gasteiger partial charge in [-0.2, -0.15) is 0 Å². The predicted octanol–water partition coefficient (Wildman–Crippen LogP) is 1.25. The van der Waals surface area contributed by atoms with Gasteiger partial charge in [0, 0.05) is 5.56 Å². The van der Waals surface area contributed by atoms with Gasteiger partial charge < -0.3 is 15.3 Å². The SMILES string of the molecule is Cc1cc(=O)c(O)c(O)c2c1C[C@@H](C(C)O)CC2. The molecule has 3 N–H and O–H groups in total. The summed E-state index contributed by atoms with van der Waals surface area (Å²) >= 11 is 0. The van der Waals surface area contributed by atoms with Gasteiger partial charge in [0.25, 0.3) is 0 Å². The fraction of sp³-hybridized carbons (Fsp3) is 0.500. The number of aromatic hydroxyl groups is 2. The molecule has 0 aromatic heterocycles. The maximum Gasteiger partial charge on any atom is 0.224 e. The molecule has 1 aromatic rings. The molecule has 4 nitrogen and oxygen atoms in total. The summed E-state index contributed by atoms with van der Waals surface area (Å²) in [7, 11) is 0. The monoisotopic (exact) mass is 250 g/mol. The topological polar surface area (TPSA) is 77.8 Å². The summed E-state index contributed by atoms with van der Waals surface area (Å²) in [5.74, 6) is -0.739. The lowest BCUT2D eigenvalue weighted by Gasteiger charge is -2.27. The molecule has 0 fully saturated rings. The zero-order valence-electron chi connectivity index (χ0n) is 10.6. The van der Waals surface area contributed by atoms with Crippen LogP contribution in [0.1, 0.15) is 30.0 Å². The zero-order chi connectivity index (χ0) is 13.4. The van der Waals surface area contributed by atoms with Crippen molar-refractivity contribution in [3.8, 4) is 11.5 Å². The average Bonchev–Trinajstić information content (AvgIpc) is 2.42. The smallest absolute Gasteiger partial charge is 0.224 e. The Morgan fingerprint density at radius 2 is 1.94 bits per heavy atom. The third-order valence-corrected chi connectivity index (χ3v) is 3.85. The van der Waals surface area contributed by atoms with Gasteiger partial charge in [0.2, 0.25) is 11.2 Å². The molecule has 1 aromatic carbocycles. The highest BCUT2D eigenvalue weighted by atomic mass is 16.3. The van der Waals surface area contributed by atoms with Crippen molar-refractivity contribution < 1.29 is 15.3 Å². The Labute approximate surface area is 106 Å². The van der Waals surface area contributed by atoms with Crippen LogP contribution in [0.5, 0.6) is 11.5 Å². The molecule has 4 heteroatoms. The summed E-state index contributed by atoms with van der Waals surface area (Å²) in [5, 5.41) is 29.2. The van der Waals surface area contributed by atoms with E-state index in [0.29, 0.717) is 18.4 Å². The van der Waals surface area contributed by atoms with Gasteiger partial charge in [0.1, 0.15) is 0 Å². The van der Waals surface area contributed by atoms with Gasteiger partial charge >= 0.3 is 0 Å². The van der Waals surface area contributed by atoms with E-state index in [9.17, 15) is 20.1 Å². The van der Waals surface area contributed by atoms with Gasteiger partial charge in [-0.3, -0.25) is 4.79 Å². The second kappa shape index (κ2) is 4.61. The van der Waals surface area contributed by atoms with Crippen molar-refractivity contribution in [1.29, 1.82) is 0 Å². The van der Waals surface area contributed by atoms with Crippen LogP contribution in [0.4, 0.5) is 0 Å². The number of hydrogen-bond donors (Lipinski definition) is 3. The number of aliphatic hydroxyl groups excluding tert-OH is 1. The van der Waals surface area contributed by atoms with Crippen molar-refractivity contribution >= 4 is 0 Å². The van der Waals surface area contributed by atoms with Crippen molar-refractivity contribution in [3.05, 3.63) is 33.0 Å². The first-order chi connectivity index (χ1) is 8.41. The van der Waals surface area contributed by atoms with E-state index in [1.165, 1.54) is 6.07 Å². The quantitative estimate of drug-likeness (QED) is 0.701. The molecule has 1 aliphatic rings. The van der Waals surface area contributed by atoms with E-state index in [2.05, 4.69) is 0 Å². The molecule has 0 saturated heterocycles. The van der Waals surface area contributed by atoms with E-state index in [0.717, 1.165) is 17.5 Å². The number of fused-ring (bicyclic) bond motifs is 1. The van der Waals surface area contributed by atoms with Gasteiger partial charge in [0.15, 0.2) is 5.75 Å². The molecule has 1 aliphatic carbocycles. The minimum absolute atomic E-state index is 0.134. The highest BCUT2D eigenvalue weighted by Gasteiger charge is 2.26. The maximum atomic E-state index is 11.6. The van der Waals surface area contributed by atoms with Crippen LogP contribution in [0.15, 0.2) is 10.9 Å². The van der Waals surface area contributed by atoms with Gasteiger partial charge in [0.05, 0.1) is 6.10 Å². The second-order valence-electron chi connectivity index (χ2n) is 5.09. The Morgan fingerprint density at radius 3 is 2.56 bits per heavy atom. The van der Waals surface area contributed by atoms with Crippen LogP contribution in [-0.2, 0) is 12.8 Å². The van der Waals surface area contributed by atoms with Crippen LogP contribution in [0.25, 0.3) is 0 Å². The second-order valence-corrected chi connectivity index (χ2v) is 5.09.